The molecule has 4 heteroatoms. The number of hydrogen-bond donors (Lipinski definition) is 0. The predicted octanol–water partition coefficient (Wildman–Crippen LogP) is 3.43. The van der Waals surface area contributed by atoms with Gasteiger partial charge in [0.05, 0.1) is 19.5 Å². The van der Waals surface area contributed by atoms with Crippen molar-refractivity contribution in [3.8, 4) is 11.5 Å². The minimum absolute atomic E-state index is 0.0489. The molecule has 18 heavy (non-hydrogen) atoms. The van der Waals surface area contributed by atoms with Crippen LogP contribution in [0.25, 0.3) is 10.8 Å². The van der Waals surface area contributed by atoms with Gasteiger partial charge in [-0.1, -0.05) is 34.1 Å². The van der Waals surface area contributed by atoms with E-state index in [1.54, 1.807) is 14.2 Å². The highest BCUT2D eigenvalue weighted by molar-refractivity contribution is 9.09. The van der Waals surface area contributed by atoms with Gasteiger partial charge < -0.3 is 9.47 Å². The number of ketones is 1. The summed E-state index contributed by atoms with van der Waals surface area (Å²) in [5.41, 5.74) is 0.685. The molecule has 2 aromatic rings. The van der Waals surface area contributed by atoms with E-state index >= 15 is 0 Å². The largest absolute Gasteiger partial charge is 0.493 e. The Hall–Kier alpha value is -1.55. The fourth-order valence-electron chi connectivity index (χ4n) is 1.92. The van der Waals surface area contributed by atoms with Crippen LogP contribution in [0.4, 0.5) is 0 Å². The molecule has 0 saturated heterocycles. The van der Waals surface area contributed by atoms with Crippen LogP contribution < -0.4 is 9.47 Å². The lowest BCUT2D eigenvalue weighted by molar-refractivity contribution is 0.102. The monoisotopic (exact) mass is 308 g/mol. The van der Waals surface area contributed by atoms with Crippen LogP contribution in [0.15, 0.2) is 30.3 Å². The number of fused-ring (bicyclic) bond motifs is 1. The van der Waals surface area contributed by atoms with Crippen molar-refractivity contribution in [2.75, 3.05) is 19.5 Å². The lowest BCUT2D eigenvalue weighted by Crippen LogP contribution is -2.01. The summed E-state index contributed by atoms with van der Waals surface area (Å²) < 4.78 is 10.5. The van der Waals surface area contributed by atoms with Gasteiger partial charge in [-0.3, -0.25) is 4.79 Å². The highest BCUT2D eigenvalue weighted by Gasteiger charge is 2.12. The summed E-state index contributed by atoms with van der Waals surface area (Å²) in [5, 5.41) is 2.14. The molecule has 0 radical (unpaired) electrons. The molecule has 0 fully saturated rings. The SMILES string of the molecule is COc1cc2cccc(C(=O)CBr)c2cc1OC. The highest BCUT2D eigenvalue weighted by Crippen LogP contribution is 2.33. The first-order chi connectivity index (χ1) is 8.71. The first kappa shape index (κ1) is 12.9. The normalized spacial score (nSPS) is 10.4. The van der Waals surface area contributed by atoms with E-state index in [1.165, 1.54) is 0 Å². The Labute approximate surface area is 114 Å². The minimum Gasteiger partial charge on any atom is -0.493 e. The summed E-state index contributed by atoms with van der Waals surface area (Å²) in [6.07, 6.45) is 0. The Morgan fingerprint density at radius 1 is 1.17 bits per heavy atom. The molecule has 3 nitrogen and oxygen atoms in total. The van der Waals surface area contributed by atoms with Crippen molar-refractivity contribution in [2.24, 2.45) is 0 Å². The molecule has 0 atom stereocenters. The Morgan fingerprint density at radius 2 is 1.83 bits per heavy atom. The van der Waals surface area contributed by atoms with Gasteiger partial charge >= 0.3 is 0 Å². The van der Waals surface area contributed by atoms with Gasteiger partial charge in [0.25, 0.3) is 0 Å². The molecule has 0 bridgehead atoms. The topological polar surface area (TPSA) is 35.5 Å². The fourth-order valence-corrected chi connectivity index (χ4v) is 2.22. The summed E-state index contributed by atoms with van der Waals surface area (Å²) >= 11 is 3.20. The van der Waals surface area contributed by atoms with E-state index < -0.39 is 0 Å². The van der Waals surface area contributed by atoms with Crippen LogP contribution in [0.2, 0.25) is 0 Å². The van der Waals surface area contributed by atoms with E-state index in [2.05, 4.69) is 15.9 Å². The van der Waals surface area contributed by atoms with Crippen molar-refractivity contribution in [1.82, 2.24) is 0 Å². The summed E-state index contributed by atoms with van der Waals surface area (Å²) in [7, 11) is 3.18. The van der Waals surface area contributed by atoms with Crippen molar-refractivity contribution in [1.29, 1.82) is 0 Å². The summed E-state index contributed by atoms with van der Waals surface area (Å²) in [6, 6.07) is 9.34. The molecular formula is C14H13BrO3. The Balaban J connectivity index is 2.72. The van der Waals surface area contributed by atoms with Crippen LogP contribution in [0.5, 0.6) is 11.5 Å². The van der Waals surface area contributed by atoms with E-state index in [0.717, 1.165) is 10.8 Å². The molecule has 0 unspecified atom stereocenters. The molecule has 2 aromatic carbocycles. The zero-order valence-corrected chi connectivity index (χ0v) is 11.8. The summed E-state index contributed by atoms with van der Waals surface area (Å²) in [6.45, 7) is 0. The molecule has 0 amide bonds. The van der Waals surface area contributed by atoms with Crippen molar-refractivity contribution in [3.63, 3.8) is 0 Å². The van der Waals surface area contributed by atoms with Crippen molar-refractivity contribution in [3.05, 3.63) is 35.9 Å². The van der Waals surface area contributed by atoms with Gasteiger partial charge in [-0.05, 0) is 22.9 Å². The van der Waals surface area contributed by atoms with Crippen LogP contribution in [0.1, 0.15) is 10.4 Å². The number of carbonyl (C=O) groups excluding carboxylic acids is 1. The first-order valence-corrected chi connectivity index (χ1v) is 6.57. The average molecular weight is 309 g/mol. The second kappa shape index (κ2) is 5.40. The predicted molar refractivity (Wildman–Crippen MR) is 75.2 cm³/mol. The lowest BCUT2D eigenvalue weighted by atomic mass is 10.0. The lowest BCUT2D eigenvalue weighted by Gasteiger charge is -2.11. The van der Waals surface area contributed by atoms with Gasteiger partial charge in [0.1, 0.15) is 0 Å². The molecular weight excluding hydrogens is 296 g/mol. The second-order valence-corrected chi connectivity index (χ2v) is 4.35. The number of halogens is 1. The maximum absolute atomic E-state index is 11.9. The van der Waals surface area contributed by atoms with Crippen molar-refractivity contribution < 1.29 is 14.3 Å². The van der Waals surface area contributed by atoms with E-state index in [1.807, 2.05) is 30.3 Å². The number of alkyl halides is 1. The van der Waals surface area contributed by atoms with E-state index in [0.29, 0.717) is 22.4 Å². The van der Waals surface area contributed by atoms with E-state index in [4.69, 9.17) is 9.47 Å². The van der Waals surface area contributed by atoms with Gasteiger partial charge in [0, 0.05) is 5.56 Å². The van der Waals surface area contributed by atoms with Crippen LogP contribution in [-0.2, 0) is 0 Å². The molecule has 0 aromatic heterocycles. The van der Waals surface area contributed by atoms with Crippen molar-refractivity contribution in [2.45, 2.75) is 0 Å². The quantitative estimate of drug-likeness (QED) is 0.641. The number of rotatable bonds is 4. The van der Waals surface area contributed by atoms with Gasteiger partial charge in [-0.25, -0.2) is 0 Å². The average Bonchev–Trinajstić information content (AvgIpc) is 2.44. The molecule has 2 rings (SSSR count). The van der Waals surface area contributed by atoms with Crippen LogP contribution in [0.3, 0.4) is 0 Å². The Kier molecular flexibility index (Phi) is 3.87. The molecule has 0 N–H and O–H groups in total. The molecule has 0 saturated carbocycles. The molecule has 0 aliphatic carbocycles. The van der Waals surface area contributed by atoms with Crippen molar-refractivity contribution >= 4 is 32.5 Å². The van der Waals surface area contributed by atoms with Crippen LogP contribution >= 0.6 is 15.9 Å². The number of benzene rings is 2. The minimum atomic E-state index is 0.0489. The maximum Gasteiger partial charge on any atom is 0.173 e. The summed E-state index contributed by atoms with van der Waals surface area (Å²) in [4.78, 5) is 11.9. The third-order valence-electron chi connectivity index (χ3n) is 2.81. The smallest absolute Gasteiger partial charge is 0.173 e. The van der Waals surface area contributed by atoms with E-state index in [-0.39, 0.29) is 5.78 Å². The maximum atomic E-state index is 11.9. The molecule has 0 aliphatic rings. The van der Waals surface area contributed by atoms with E-state index in [9.17, 15) is 4.79 Å². The zero-order valence-electron chi connectivity index (χ0n) is 10.2. The third-order valence-corrected chi connectivity index (χ3v) is 3.32. The number of ether oxygens (including phenoxy) is 2. The number of carbonyl (C=O) groups is 1. The van der Waals surface area contributed by atoms with Gasteiger partial charge in [-0.2, -0.15) is 0 Å². The Bertz CT molecular complexity index is 593. The summed E-state index contributed by atoms with van der Waals surface area (Å²) in [5.74, 6) is 1.33. The fraction of sp³-hybridized carbons (Fsp3) is 0.214. The van der Waals surface area contributed by atoms with Gasteiger partial charge in [0.15, 0.2) is 17.3 Å². The number of methoxy groups -OCH3 is 2. The first-order valence-electron chi connectivity index (χ1n) is 5.45. The molecule has 0 aliphatic heterocycles. The zero-order chi connectivity index (χ0) is 13.1. The standard InChI is InChI=1S/C14H13BrO3/c1-17-13-6-9-4-3-5-10(12(16)8-15)11(9)7-14(13)18-2/h3-7H,8H2,1-2H3. The molecule has 0 spiro atoms. The molecule has 94 valence electrons. The van der Waals surface area contributed by atoms with Gasteiger partial charge in [0.2, 0.25) is 0 Å². The third kappa shape index (κ3) is 2.20. The highest BCUT2D eigenvalue weighted by atomic mass is 79.9. The van der Waals surface area contributed by atoms with Gasteiger partial charge in [-0.15, -0.1) is 0 Å². The van der Waals surface area contributed by atoms with Crippen LogP contribution in [-0.4, -0.2) is 25.3 Å². The number of hydrogen-bond acceptors (Lipinski definition) is 3. The van der Waals surface area contributed by atoms with Crippen LogP contribution in [0, 0.1) is 0 Å². The number of Topliss-reactive ketones (excluding diaryl/α,β-unsaturated/α-hetero) is 1. The second-order valence-electron chi connectivity index (χ2n) is 3.79. The Morgan fingerprint density at radius 3 is 2.44 bits per heavy atom. The molecule has 0 heterocycles.